The molecule has 0 amide bonds. The average molecular weight is 274 g/mol. The van der Waals surface area contributed by atoms with Gasteiger partial charge in [0, 0.05) is 17.5 Å². The van der Waals surface area contributed by atoms with Gasteiger partial charge in [0.1, 0.15) is 6.10 Å². The van der Waals surface area contributed by atoms with Crippen LogP contribution in [0.4, 0.5) is 0 Å². The van der Waals surface area contributed by atoms with E-state index < -0.39 is 0 Å². The van der Waals surface area contributed by atoms with Gasteiger partial charge in [0.05, 0.1) is 4.34 Å². The number of nitrogens with two attached hydrogens (primary N) is 1. The number of thiophene rings is 1. The highest BCUT2D eigenvalue weighted by molar-refractivity contribution is 7.16. The van der Waals surface area contributed by atoms with E-state index in [1.54, 1.807) is 11.3 Å². The van der Waals surface area contributed by atoms with Gasteiger partial charge in [0.15, 0.2) is 0 Å². The van der Waals surface area contributed by atoms with Crippen LogP contribution in [0.15, 0.2) is 12.1 Å². The first-order valence-electron chi connectivity index (χ1n) is 6.33. The topological polar surface area (TPSA) is 35.2 Å². The third-order valence-electron chi connectivity index (χ3n) is 3.26. The van der Waals surface area contributed by atoms with Crippen LogP contribution in [-0.4, -0.2) is 12.6 Å². The zero-order chi connectivity index (χ0) is 12.3. The lowest BCUT2D eigenvalue weighted by atomic mass is 10.1. The van der Waals surface area contributed by atoms with Gasteiger partial charge in [-0.05, 0) is 30.9 Å². The number of ether oxygens (including phenoxy) is 1. The first-order valence-corrected chi connectivity index (χ1v) is 7.52. The van der Waals surface area contributed by atoms with E-state index in [1.807, 2.05) is 12.1 Å². The summed E-state index contributed by atoms with van der Waals surface area (Å²) >= 11 is 7.54. The number of hydrogen-bond acceptors (Lipinski definition) is 3. The molecule has 0 bridgehead atoms. The minimum absolute atomic E-state index is 0.0104. The molecule has 0 saturated heterocycles. The maximum Gasteiger partial charge on any atom is 0.107 e. The van der Waals surface area contributed by atoms with Crippen LogP contribution in [-0.2, 0) is 4.74 Å². The zero-order valence-corrected chi connectivity index (χ0v) is 11.8. The molecule has 0 aromatic carbocycles. The highest BCUT2D eigenvalue weighted by atomic mass is 35.5. The van der Waals surface area contributed by atoms with Gasteiger partial charge in [-0.3, -0.25) is 0 Å². The zero-order valence-electron chi connectivity index (χ0n) is 10.2. The number of halogens is 1. The summed E-state index contributed by atoms with van der Waals surface area (Å²) in [5.41, 5.74) is 6.13. The lowest BCUT2D eigenvalue weighted by Gasteiger charge is -2.22. The van der Waals surface area contributed by atoms with Gasteiger partial charge in [-0.2, -0.15) is 0 Å². The van der Waals surface area contributed by atoms with Crippen LogP contribution in [0.3, 0.4) is 0 Å². The van der Waals surface area contributed by atoms with Crippen LogP contribution < -0.4 is 5.73 Å². The largest absolute Gasteiger partial charge is 0.371 e. The molecule has 0 spiro atoms. The fraction of sp³-hybridized carbons (Fsp3) is 0.692. The van der Waals surface area contributed by atoms with E-state index in [0.717, 1.165) is 28.2 Å². The van der Waals surface area contributed by atoms with Crippen LogP contribution in [0.2, 0.25) is 4.34 Å². The van der Waals surface area contributed by atoms with Crippen molar-refractivity contribution < 1.29 is 4.74 Å². The van der Waals surface area contributed by atoms with Crippen molar-refractivity contribution in [3.8, 4) is 0 Å². The Labute approximate surface area is 112 Å². The molecule has 2 atom stereocenters. The molecule has 1 aliphatic rings. The van der Waals surface area contributed by atoms with Crippen LogP contribution in [0.1, 0.15) is 43.6 Å². The first-order chi connectivity index (χ1) is 8.20. The molecular formula is C13H20ClNOS. The summed E-state index contributed by atoms with van der Waals surface area (Å²) in [5.74, 6) is 0.903. The lowest BCUT2D eigenvalue weighted by molar-refractivity contribution is 0.0323. The molecule has 1 heterocycles. The van der Waals surface area contributed by atoms with E-state index in [1.165, 1.54) is 19.3 Å². The van der Waals surface area contributed by atoms with E-state index >= 15 is 0 Å². The van der Waals surface area contributed by atoms with Crippen molar-refractivity contribution in [2.75, 3.05) is 6.61 Å². The Balaban J connectivity index is 1.91. The van der Waals surface area contributed by atoms with Crippen LogP contribution >= 0.6 is 22.9 Å². The molecule has 4 heteroatoms. The van der Waals surface area contributed by atoms with Crippen molar-refractivity contribution in [3.63, 3.8) is 0 Å². The molecule has 1 saturated carbocycles. The van der Waals surface area contributed by atoms with E-state index in [2.05, 4.69) is 6.92 Å². The molecule has 2 unspecified atom stereocenters. The lowest BCUT2D eigenvalue weighted by Crippen LogP contribution is -2.29. The second-order valence-electron chi connectivity index (χ2n) is 4.74. The molecule has 1 aromatic heterocycles. The predicted octanol–water partition coefficient (Wildman–Crippen LogP) is 4.00. The van der Waals surface area contributed by atoms with E-state index in [0.29, 0.717) is 0 Å². The third-order valence-corrected chi connectivity index (χ3v) is 4.55. The van der Waals surface area contributed by atoms with Gasteiger partial charge in [-0.25, -0.2) is 0 Å². The monoisotopic (exact) mass is 273 g/mol. The fourth-order valence-electron chi connectivity index (χ4n) is 1.88. The summed E-state index contributed by atoms with van der Waals surface area (Å²) in [4.78, 5) is 1.15. The Morgan fingerprint density at radius 1 is 1.53 bits per heavy atom. The summed E-state index contributed by atoms with van der Waals surface area (Å²) < 4.78 is 6.78. The molecule has 96 valence electrons. The highest BCUT2D eigenvalue weighted by Crippen LogP contribution is 2.35. The summed E-state index contributed by atoms with van der Waals surface area (Å²) in [6, 6.07) is 4.01. The second-order valence-corrected chi connectivity index (χ2v) is 6.48. The summed E-state index contributed by atoms with van der Waals surface area (Å²) in [6.45, 7) is 2.91. The molecule has 2 rings (SSSR count). The highest BCUT2D eigenvalue weighted by Gasteiger charge is 2.24. The number of rotatable bonds is 7. The van der Waals surface area contributed by atoms with Gasteiger partial charge in [0.2, 0.25) is 0 Å². The Hall–Kier alpha value is -0.0900. The van der Waals surface area contributed by atoms with Crippen LogP contribution in [0, 0.1) is 5.92 Å². The molecule has 2 N–H and O–H groups in total. The van der Waals surface area contributed by atoms with Gasteiger partial charge < -0.3 is 10.5 Å². The number of hydrogen-bond donors (Lipinski definition) is 1. The maximum atomic E-state index is 6.13. The predicted molar refractivity (Wildman–Crippen MR) is 73.6 cm³/mol. The van der Waals surface area contributed by atoms with Gasteiger partial charge in [-0.15, -0.1) is 11.3 Å². The van der Waals surface area contributed by atoms with Crippen molar-refractivity contribution in [2.45, 2.75) is 44.8 Å². The molecule has 2 nitrogen and oxygen atoms in total. The van der Waals surface area contributed by atoms with E-state index in [9.17, 15) is 0 Å². The minimum atomic E-state index is 0.0104. The minimum Gasteiger partial charge on any atom is -0.371 e. The van der Waals surface area contributed by atoms with Crippen molar-refractivity contribution in [1.29, 1.82) is 0 Å². The third kappa shape index (κ3) is 3.95. The van der Waals surface area contributed by atoms with Gasteiger partial charge in [0.25, 0.3) is 0 Å². The van der Waals surface area contributed by atoms with E-state index in [-0.39, 0.29) is 12.1 Å². The first kappa shape index (κ1) is 13.3. The summed E-state index contributed by atoms with van der Waals surface area (Å²) in [5, 5.41) is 0. The molecule has 1 aliphatic carbocycles. The van der Waals surface area contributed by atoms with Crippen LogP contribution in [0.25, 0.3) is 0 Å². The normalized spacial score (nSPS) is 19.2. The Morgan fingerprint density at radius 3 is 2.82 bits per heavy atom. The van der Waals surface area contributed by atoms with E-state index in [4.69, 9.17) is 22.1 Å². The smallest absolute Gasteiger partial charge is 0.107 e. The van der Waals surface area contributed by atoms with Crippen molar-refractivity contribution in [1.82, 2.24) is 0 Å². The SMILES string of the molecule is CCC(N)C(OCCC1CC1)c1ccc(Cl)s1. The second kappa shape index (κ2) is 6.19. The van der Waals surface area contributed by atoms with Gasteiger partial charge >= 0.3 is 0 Å². The quantitative estimate of drug-likeness (QED) is 0.815. The van der Waals surface area contributed by atoms with Crippen molar-refractivity contribution in [2.24, 2.45) is 11.7 Å². The molecule has 17 heavy (non-hydrogen) atoms. The van der Waals surface area contributed by atoms with Crippen molar-refractivity contribution >= 4 is 22.9 Å². The summed E-state index contributed by atoms with van der Waals surface area (Å²) in [6.07, 6.45) is 4.85. The molecule has 1 fully saturated rings. The standard InChI is InChI=1S/C13H20ClNOS/c1-2-10(15)13(11-5-6-12(14)17-11)16-8-7-9-3-4-9/h5-6,9-10,13H,2-4,7-8,15H2,1H3. The Morgan fingerprint density at radius 2 is 2.29 bits per heavy atom. The molecular weight excluding hydrogens is 254 g/mol. The maximum absolute atomic E-state index is 6.13. The molecule has 0 radical (unpaired) electrons. The molecule has 1 aromatic rings. The fourth-order valence-corrected chi connectivity index (χ4v) is 3.07. The molecule has 0 aliphatic heterocycles. The summed E-state index contributed by atoms with van der Waals surface area (Å²) in [7, 11) is 0. The Kier molecular flexibility index (Phi) is 4.86. The van der Waals surface area contributed by atoms with Crippen molar-refractivity contribution in [3.05, 3.63) is 21.3 Å². The Bertz CT molecular complexity index is 351. The van der Waals surface area contributed by atoms with Crippen LogP contribution in [0.5, 0.6) is 0 Å². The average Bonchev–Trinajstić information content (AvgIpc) is 3.05. The van der Waals surface area contributed by atoms with Gasteiger partial charge in [-0.1, -0.05) is 31.4 Å².